The summed E-state index contributed by atoms with van der Waals surface area (Å²) in [5, 5.41) is 13.0. The summed E-state index contributed by atoms with van der Waals surface area (Å²) in [6.45, 7) is 5.96. The number of aryl methyl sites for hydroxylation is 1. The summed E-state index contributed by atoms with van der Waals surface area (Å²) >= 11 is 0. The van der Waals surface area contributed by atoms with Crippen molar-refractivity contribution in [1.82, 2.24) is 14.9 Å². The third kappa shape index (κ3) is 5.94. The van der Waals surface area contributed by atoms with E-state index in [4.69, 9.17) is 0 Å². The smallest absolute Gasteiger partial charge is 0.305 e. The molecule has 0 aliphatic carbocycles. The van der Waals surface area contributed by atoms with Crippen molar-refractivity contribution in [1.29, 1.82) is 0 Å². The van der Waals surface area contributed by atoms with Crippen molar-refractivity contribution in [2.45, 2.75) is 45.7 Å². The molecule has 0 radical (unpaired) electrons. The second-order valence-corrected chi connectivity index (χ2v) is 9.72. The van der Waals surface area contributed by atoms with E-state index in [9.17, 15) is 19.5 Å². The molecule has 1 amide bonds. The molecular formula is C30H31N3O4. The fourth-order valence-electron chi connectivity index (χ4n) is 4.61. The second-order valence-electron chi connectivity index (χ2n) is 9.72. The zero-order chi connectivity index (χ0) is 26.5. The minimum absolute atomic E-state index is 0.108. The van der Waals surface area contributed by atoms with Gasteiger partial charge in [0.15, 0.2) is 0 Å². The topological polar surface area (TPSA) is 101 Å². The average molecular weight is 498 g/mol. The van der Waals surface area contributed by atoms with Crippen molar-refractivity contribution in [2.24, 2.45) is 5.92 Å². The van der Waals surface area contributed by atoms with Crippen LogP contribution in [0.3, 0.4) is 0 Å². The van der Waals surface area contributed by atoms with Gasteiger partial charge in [-0.3, -0.25) is 19.0 Å². The van der Waals surface area contributed by atoms with Gasteiger partial charge in [-0.15, -0.1) is 0 Å². The maximum Gasteiger partial charge on any atom is 0.305 e. The lowest BCUT2D eigenvalue weighted by atomic mass is 9.95. The summed E-state index contributed by atoms with van der Waals surface area (Å²) in [7, 11) is 0. The molecule has 0 aliphatic rings. The lowest BCUT2D eigenvalue weighted by Crippen LogP contribution is -2.40. The van der Waals surface area contributed by atoms with E-state index < -0.39 is 24.0 Å². The number of para-hydroxylation sites is 1. The van der Waals surface area contributed by atoms with Crippen LogP contribution in [0.25, 0.3) is 22.0 Å². The molecule has 37 heavy (non-hydrogen) atoms. The van der Waals surface area contributed by atoms with Crippen LogP contribution in [-0.4, -0.2) is 26.5 Å². The van der Waals surface area contributed by atoms with Gasteiger partial charge < -0.3 is 10.4 Å². The van der Waals surface area contributed by atoms with Crippen LogP contribution in [0.5, 0.6) is 0 Å². The zero-order valence-electron chi connectivity index (χ0n) is 21.2. The SMILES string of the molecule is Cc1ccccc1-c1cccc(C(CC(=O)O)NC(=O)C(CC(C)C)n2cnc3ccccc3c2=O)c1. The van der Waals surface area contributed by atoms with Crippen molar-refractivity contribution in [3.8, 4) is 11.1 Å². The molecule has 4 aromatic rings. The van der Waals surface area contributed by atoms with Crippen LogP contribution in [0.1, 0.15) is 49.9 Å². The third-order valence-electron chi connectivity index (χ3n) is 6.46. The Hall–Kier alpha value is -4.26. The Bertz CT molecular complexity index is 1490. The molecule has 0 fully saturated rings. The van der Waals surface area contributed by atoms with E-state index in [2.05, 4.69) is 10.3 Å². The first kappa shape index (κ1) is 25.8. The summed E-state index contributed by atoms with van der Waals surface area (Å²) < 4.78 is 1.36. The molecule has 0 saturated heterocycles. The number of hydrogen-bond acceptors (Lipinski definition) is 4. The number of carbonyl (C=O) groups excluding carboxylic acids is 1. The van der Waals surface area contributed by atoms with Crippen LogP contribution in [0.2, 0.25) is 0 Å². The standard InChI is InChI=1S/C30H31N3O4/c1-19(2)15-27(33-18-31-25-14-7-6-13-24(25)30(33)37)29(36)32-26(17-28(34)35)22-11-8-10-21(16-22)23-12-5-4-9-20(23)3/h4-14,16,18-19,26-27H,15,17H2,1-3H3,(H,32,36)(H,34,35). The number of nitrogens with one attached hydrogen (secondary N) is 1. The van der Waals surface area contributed by atoms with E-state index in [-0.39, 0.29) is 17.9 Å². The van der Waals surface area contributed by atoms with Gasteiger partial charge in [0, 0.05) is 0 Å². The van der Waals surface area contributed by atoms with Crippen molar-refractivity contribution in [3.05, 3.63) is 101 Å². The number of rotatable bonds is 9. The van der Waals surface area contributed by atoms with Crippen molar-refractivity contribution < 1.29 is 14.7 Å². The van der Waals surface area contributed by atoms with Crippen molar-refractivity contribution >= 4 is 22.8 Å². The Kier molecular flexibility index (Phi) is 7.82. The minimum atomic E-state index is -1.03. The van der Waals surface area contributed by atoms with E-state index in [1.54, 1.807) is 24.3 Å². The summed E-state index contributed by atoms with van der Waals surface area (Å²) in [5.41, 5.74) is 4.01. The Morgan fingerprint density at radius 1 is 1.00 bits per heavy atom. The third-order valence-corrected chi connectivity index (χ3v) is 6.46. The number of fused-ring (bicyclic) bond motifs is 1. The monoisotopic (exact) mass is 497 g/mol. The number of aromatic nitrogens is 2. The second kappa shape index (κ2) is 11.2. The quantitative estimate of drug-likeness (QED) is 0.327. The average Bonchev–Trinajstić information content (AvgIpc) is 2.87. The molecule has 1 heterocycles. The Labute approximate surface area is 215 Å². The molecular weight excluding hydrogens is 466 g/mol. The molecule has 190 valence electrons. The van der Waals surface area contributed by atoms with Gasteiger partial charge in [0.1, 0.15) is 6.04 Å². The van der Waals surface area contributed by atoms with Gasteiger partial charge in [0.25, 0.3) is 5.56 Å². The normalized spacial score (nSPS) is 12.9. The van der Waals surface area contributed by atoms with E-state index >= 15 is 0 Å². The predicted molar refractivity (Wildman–Crippen MR) is 144 cm³/mol. The number of carboxylic acids is 1. The van der Waals surface area contributed by atoms with Gasteiger partial charge in [0.05, 0.1) is 29.7 Å². The van der Waals surface area contributed by atoms with Crippen LogP contribution in [0.4, 0.5) is 0 Å². The minimum Gasteiger partial charge on any atom is -0.481 e. The molecule has 0 saturated carbocycles. The highest BCUT2D eigenvalue weighted by atomic mass is 16.4. The molecule has 4 rings (SSSR count). The molecule has 0 spiro atoms. The summed E-state index contributed by atoms with van der Waals surface area (Å²) in [4.78, 5) is 43.1. The van der Waals surface area contributed by atoms with E-state index in [1.165, 1.54) is 10.9 Å². The van der Waals surface area contributed by atoms with Gasteiger partial charge in [-0.1, -0.05) is 68.4 Å². The van der Waals surface area contributed by atoms with Gasteiger partial charge in [-0.25, -0.2) is 4.98 Å². The summed E-state index contributed by atoms with van der Waals surface area (Å²) in [6.07, 6.45) is 1.51. The van der Waals surface area contributed by atoms with Crippen molar-refractivity contribution in [3.63, 3.8) is 0 Å². The highest BCUT2D eigenvalue weighted by molar-refractivity contribution is 5.83. The number of carboxylic acid groups (broad SMARTS) is 1. The predicted octanol–water partition coefficient (Wildman–Crippen LogP) is 5.29. The fourth-order valence-corrected chi connectivity index (χ4v) is 4.61. The van der Waals surface area contributed by atoms with Gasteiger partial charge >= 0.3 is 5.97 Å². The number of aliphatic carboxylic acids is 1. The molecule has 1 aromatic heterocycles. The number of nitrogens with zero attached hydrogens (tertiary/aromatic N) is 2. The molecule has 2 atom stereocenters. The molecule has 7 nitrogen and oxygen atoms in total. The lowest BCUT2D eigenvalue weighted by Gasteiger charge is -2.25. The summed E-state index contributed by atoms with van der Waals surface area (Å²) in [5.74, 6) is -1.34. The van der Waals surface area contributed by atoms with Gasteiger partial charge in [0.2, 0.25) is 5.91 Å². The van der Waals surface area contributed by atoms with E-state index in [0.29, 0.717) is 22.9 Å². The highest BCUT2D eigenvalue weighted by Gasteiger charge is 2.27. The fraction of sp³-hybridized carbons (Fsp3) is 0.267. The summed E-state index contributed by atoms with van der Waals surface area (Å²) in [6, 6.07) is 20.9. The van der Waals surface area contributed by atoms with Crippen LogP contribution in [0, 0.1) is 12.8 Å². The maximum atomic E-state index is 13.7. The highest BCUT2D eigenvalue weighted by Crippen LogP contribution is 2.28. The number of amides is 1. The number of benzene rings is 3. The van der Waals surface area contributed by atoms with Crippen LogP contribution >= 0.6 is 0 Å². The molecule has 3 aromatic carbocycles. The first-order valence-electron chi connectivity index (χ1n) is 12.4. The van der Waals surface area contributed by atoms with Gasteiger partial charge in [-0.2, -0.15) is 0 Å². The number of carbonyl (C=O) groups is 2. The Balaban J connectivity index is 1.70. The molecule has 0 bridgehead atoms. The van der Waals surface area contributed by atoms with Crippen LogP contribution in [-0.2, 0) is 9.59 Å². The molecule has 0 aliphatic heterocycles. The maximum absolute atomic E-state index is 13.7. The first-order valence-corrected chi connectivity index (χ1v) is 12.4. The van der Waals surface area contributed by atoms with E-state index in [1.807, 2.05) is 69.3 Å². The number of hydrogen-bond donors (Lipinski definition) is 2. The van der Waals surface area contributed by atoms with Crippen molar-refractivity contribution in [2.75, 3.05) is 0 Å². The van der Waals surface area contributed by atoms with Gasteiger partial charge in [-0.05, 0) is 59.7 Å². The zero-order valence-corrected chi connectivity index (χ0v) is 21.2. The first-order chi connectivity index (χ1) is 17.7. The lowest BCUT2D eigenvalue weighted by molar-refractivity contribution is -0.138. The van der Waals surface area contributed by atoms with Crippen LogP contribution < -0.4 is 10.9 Å². The molecule has 2 unspecified atom stereocenters. The van der Waals surface area contributed by atoms with Crippen LogP contribution in [0.15, 0.2) is 83.9 Å². The molecule has 2 N–H and O–H groups in total. The largest absolute Gasteiger partial charge is 0.481 e. The Morgan fingerprint density at radius 3 is 2.46 bits per heavy atom. The molecule has 7 heteroatoms. The van der Waals surface area contributed by atoms with E-state index in [0.717, 1.165) is 16.7 Å². The Morgan fingerprint density at radius 2 is 1.73 bits per heavy atom.